The summed E-state index contributed by atoms with van der Waals surface area (Å²) in [5.41, 5.74) is 2.72. The van der Waals surface area contributed by atoms with E-state index in [9.17, 15) is 4.79 Å². The molecule has 0 aliphatic carbocycles. The quantitative estimate of drug-likeness (QED) is 0.693. The van der Waals surface area contributed by atoms with Crippen LogP contribution in [0.2, 0.25) is 10.0 Å². The van der Waals surface area contributed by atoms with Crippen molar-refractivity contribution in [2.24, 2.45) is 0 Å². The number of benzene rings is 2. The van der Waals surface area contributed by atoms with Crippen molar-refractivity contribution >= 4 is 40.5 Å². The number of nitrogens with one attached hydrogen (secondary N) is 1. The van der Waals surface area contributed by atoms with E-state index < -0.39 is 6.17 Å². The summed E-state index contributed by atoms with van der Waals surface area (Å²) in [5.74, 6) is -0.100. The third-order valence-corrected chi connectivity index (χ3v) is 4.61. The van der Waals surface area contributed by atoms with E-state index in [1.54, 1.807) is 41.4 Å². The van der Waals surface area contributed by atoms with Gasteiger partial charge in [0, 0.05) is 16.9 Å². The number of aromatic nitrogens is 1. The van der Waals surface area contributed by atoms with Crippen molar-refractivity contribution in [2.45, 2.75) is 6.17 Å². The van der Waals surface area contributed by atoms with Crippen LogP contribution in [0.1, 0.15) is 22.2 Å². The Kier molecular flexibility index (Phi) is 4.07. The summed E-state index contributed by atoms with van der Waals surface area (Å²) >= 11 is 12.3. The summed E-state index contributed by atoms with van der Waals surface area (Å²) in [5, 5.41) is 4.36. The highest BCUT2D eigenvalue weighted by Crippen LogP contribution is 2.38. The number of hydrogen-bond acceptors (Lipinski definition) is 3. The monoisotopic (exact) mass is 369 g/mol. The second-order valence-corrected chi connectivity index (χ2v) is 6.46. The standard InChI is InChI=1S/C19H13Cl2N3O/c20-12-8-9-16(15(21)11-12)23-18-17-14(7-4-10-22-17)19(25)24(18)13-5-2-1-3-6-13/h1-11,18,23H/t18-/m1/s1. The summed E-state index contributed by atoms with van der Waals surface area (Å²) in [4.78, 5) is 19.0. The second kappa shape index (κ2) is 6.39. The zero-order valence-electron chi connectivity index (χ0n) is 13.0. The lowest BCUT2D eigenvalue weighted by atomic mass is 10.2. The molecule has 0 unspecified atom stereocenters. The molecule has 0 radical (unpaired) electrons. The Morgan fingerprint density at radius 3 is 2.56 bits per heavy atom. The summed E-state index contributed by atoms with van der Waals surface area (Å²) in [7, 11) is 0. The Hall–Kier alpha value is -2.56. The van der Waals surface area contributed by atoms with Crippen LogP contribution in [0.15, 0.2) is 66.9 Å². The van der Waals surface area contributed by atoms with Gasteiger partial charge in [0.25, 0.3) is 5.91 Å². The average molecular weight is 370 g/mol. The molecule has 2 aromatic carbocycles. The largest absolute Gasteiger partial charge is 0.359 e. The van der Waals surface area contributed by atoms with Crippen molar-refractivity contribution < 1.29 is 4.79 Å². The lowest BCUT2D eigenvalue weighted by molar-refractivity contribution is 0.0993. The van der Waals surface area contributed by atoms with Crippen molar-refractivity contribution in [1.82, 2.24) is 4.98 Å². The van der Waals surface area contributed by atoms with Gasteiger partial charge in [0.15, 0.2) is 6.17 Å². The molecular weight excluding hydrogens is 357 g/mol. The normalized spacial score (nSPS) is 16.0. The maximum Gasteiger partial charge on any atom is 0.262 e. The SMILES string of the molecule is O=C1c2cccnc2[C@H](Nc2ccc(Cl)cc2Cl)N1c1ccccc1. The number of halogens is 2. The maximum atomic E-state index is 12.9. The molecule has 1 N–H and O–H groups in total. The molecule has 124 valence electrons. The third kappa shape index (κ3) is 2.84. The Balaban J connectivity index is 1.80. The predicted octanol–water partition coefficient (Wildman–Crippen LogP) is 5.16. The van der Waals surface area contributed by atoms with Crippen LogP contribution in [0.25, 0.3) is 0 Å². The van der Waals surface area contributed by atoms with Crippen LogP contribution in [0.3, 0.4) is 0 Å². The molecule has 1 aliphatic heterocycles. The molecule has 0 spiro atoms. The summed E-state index contributed by atoms with van der Waals surface area (Å²) in [6.07, 6.45) is 1.23. The smallest absolute Gasteiger partial charge is 0.262 e. The first-order chi connectivity index (χ1) is 12.1. The van der Waals surface area contributed by atoms with E-state index >= 15 is 0 Å². The molecule has 4 rings (SSSR count). The van der Waals surface area contributed by atoms with Crippen LogP contribution in [0.4, 0.5) is 11.4 Å². The molecule has 0 bridgehead atoms. The van der Waals surface area contributed by atoms with Crippen molar-refractivity contribution in [2.75, 3.05) is 10.2 Å². The number of anilines is 2. The minimum Gasteiger partial charge on any atom is -0.359 e. The fourth-order valence-corrected chi connectivity index (χ4v) is 3.39. The number of fused-ring (bicyclic) bond motifs is 1. The number of pyridine rings is 1. The van der Waals surface area contributed by atoms with Gasteiger partial charge in [-0.1, -0.05) is 41.4 Å². The van der Waals surface area contributed by atoms with E-state index in [-0.39, 0.29) is 5.91 Å². The van der Waals surface area contributed by atoms with Crippen LogP contribution in [-0.2, 0) is 0 Å². The molecule has 0 saturated heterocycles. The highest BCUT2D eigenvalue weighted by atomic mass is 35.5. The molecule has 1 amide bonds. The molecule has 1 aliphatic rings. The zero-order chi connectivity index (χ0) is 17.4. The number of carbonyl (C=O) groups is 1. The molecular formula is C19H13Cl2N3O. The van der Waals surface area contributed by atoms with E-state index in [4.69, 9.17) is 23.2 Å². The van der Waals surface area contributed by atoms with Gasteiger partial charge in [-0.05, 0) is 42.5 Å². The Bertz CT molecular complexity index is 946. The minimum atomic E-state index is -0.454. The highest BCUT2D eigenvalue weighted by Gasteiger charge is 2.39. The topological polar surface area (TPSA) is 45.2 Å². The molecule has 0 saturated carbocycles. The van der Waals surface area contributed by atoms with Gasteiger partial charge in [-0.3, -0.25) is 14.7 Å². The molecule has 1 atom stereocenters. The van der Waals surface area contributed by atoms with Crippen molar-refractivity contribution in [3.8, 4) is 0 Å². The number of nitrogens with zero attached hydrogens (tertiary/aromatic N) is 2. The molecule has 4 nitrogen and oxygen atoms in total. The summed E-state index contributed by atoms with van der Waals surface area (Å²) in [6.45, 7) is 0. The van der Waals surface area contributed by atoms with Gasteiger partial charge in [0.2, 0.25) is 0 Å². The van der Waals surface area contributed by atoms with E-state index in [1.165, 1.54) is 0 Å². The van der Waals surface area contributed by atoms with Crippen LogP contribution < -0.4 is 10.2 Å². The van der Waals surface area contributed by atoms with Crippen LogP contribution in [0.5, 0.6) is 0 Å². The van der Waals surface area contributed by atoms with Gasteiger partial charge >= 0.3 is 0 Å². The first-order valence-electron chi connectivity index (χ1n) is 7.70. The number of para-hydroxylation sites is 1. The van der Waals surface area contributed by atoms with E-state index in [2.05, 4.69) is 10.3 Å². The zero-order valence-corrected chi connectivity index (χ0v) is 14.5. The van der Waals surface area contributed by atoms with Crippen molar-refractivity contribution in [3.63, 3.8) is 0 Å². The van der Waals surface area contributed by atoms with Crippen LogP contribution >= 0.6 is 23.2 Å². The minimum absolute atomic E-state index is 0.100. The van der Waals surface area contributed by atoms with Crippen molar-refractivity contribution in [1.29, 1.82) is 0 Å². The third-order valence-electron chi connectivity index (χ3n) is 4.06. The van der Waals surface area contributed by atoms with E-state index in [0.29, 0.717) is 27.0 Å². The number of carbonyl (C=O) groups excluding carboxylic acids is 1. The second-order valence-electron chi connectivity index (χ2n) is 5.62. The lowest BCUT2D eigenvalue weighted by Gasteiger charge is -2.27. The first-order valence-corrected chi connectivity index (χ1v) is 8.46. The maximum absolute atomic E-state index is 12.9. The molecule has 25 heavy (non-hydrogen) atoms. The van der Waals surface area contributed by atoms with Gasteiger partial charge in [-0.25, -0.2) is 0 Å². The van der Waals surface area contributed by atoms with Crippen molar-refractivity contribution in [3.05, 3.63) is 88.2 Å². The first kappa shape index (κ1) is 15.9. The molecule has 3 aromatic rings. The van der Waals surface area contributed by atoms with Gasteiger partial charge in [0.1, 0.15) is 0 Å². The number of rotatable bonds is 3. The Labute approximate surface area is 155 Å². The van der Waals surface area contributed by atoms with Crippen LogP contribution in [0, 0.1) is 0 Å². The fourth-order valence-electron chi connectivity index (χ4n) is 2.93. The van der Waals surface area contributed by atoms with Gasteiger partial charge in [0.05, 0.1) is 22.0 Å². The predicted molar refractivity (Wildman–Crippen MR) is 100 cm³/mol. The molecule has 6 heteroatoms. The lowest BCUT2D eigenvalue weighted by Crippen LogP contribution is -2.32. The van der Waals surface area contributed by atoms with Gasteiger partial charge in [-0.15, -0.1) is 0 Å². The molecule has 2 heterocycles. The molecule has 1 aromatic heterocycles. The molecule has 0 fully saturated rings. The summed E-state index contributed by atoms with van der Waals surface area (Å²) in [6, 6.07) is 18.2. The number of hydrogen-bond donors (Lipinski definition) is 1. The van der Waals surface area contributed by atoms with Gasteiger partial charge in [-0.2, -0.15) is 0 Å². The van der Waals surface area contributed by atoms with Gasteiger partial charge < -0.3 is 5.32 Å². The Morgan fingerprint density at radius 1 is 1.00 bits per heavy atom. The van der Waals surface area contributed by atoms with E-state index in [0.717, 1.165) is 5.69 Å². The highest BCUT2D eigenvalue weighted by molar-refractivity contribution is 6.36. The van der Waals surface area contributed by atoms with E-state index in [1.807, 2.05) is 30.3 Å². The Morgan fingerprint density at radius 2 is 1.80 bits per heavy atom. The summed E-state index contributed by atoms with van der Waals surface area (Å²) < 4.78 is 0. The number of amides is 1. The van der Waals surface area contributed by atoms with Crippen LogP contribution in [-0.4, -0.2) is 10.9 Å². The fraction of sp³-hybridized carbons (Fsp3) is 0.0526. The average Bonchev–Trinajstić information content (AvgIpc) is 2.91.